The number of nitrogens with one attached hydrogen (secondary N) is 1. The van der Waals surface area contributed by atoms with Crippen molar-refractivity contribution in [1.82, 2.24) is 5.32 Å². The Bertz CT molecular complexity index is 628. The quantitative estimate of drug-likeness (QED) is 0.718. The van der Waals surface area contributed by atoms with Crippen LogP contribution in [0.5, 0.6) is 11.5 Å². The zero-order chi connectivity index (χ0) is 17.5. The number of aliphatic hydroxyl groups excluding tert-OH is 1. The van der Waals surface area contributed by atoms with E-state index in [9.17, 15) is 4.79 Å². The molecule has 25 heavy (non-hydrogen) atoms. The van der Waals surface area contributed by atoms with Crippen LogP contribution >= 0.6 is 11.8 Å². The Morgan fingerprint density at radius 3 is 2.92 bits per heavy atom. The second-order valence-corrected chi connectivity index (χ2v) is 7.26. The summed E-state index contributed by atoms with van der Waals surface area (Å²) in [6, 6.07) is 5.55. The molecule has 7 heteroatoms. The van der Waals surface area contributed by atoms with Crippen molar-refractivity contribution in [2.75, 3.05) is 38.1 Å². The summed E-state index contributed by atoms with van der Waals surface area (Å²) in [6.45, 7) is 0.982. The van der Waals surface area contributed by atoms with Crippen LogP contribution in [-0.2, 0) is 9.53 Å². The van der Waals surface area contributed by atoms with Crippen LogP contribution in [0.3, 0.4) is 0 Å². The van der Waals surface area contributed by atoms with Gasteiger partial charge >= 0.3 is 0 Å². The van der Waals surface area contributed by atoms with Gasteiger partial charge in [-0.05, 0) is 48.1 Å². The first-order valence-corrected chi connectivity index (χ1v) is 9.54. The molecule has 0 aliphatic carbocycles. The van der Waals surface area contributed by atoms with E-state index in [0.29, 0.717) is 18.9 Å². The van der Waals surface area contributed by atoms with Crippen LogP contribution in [-0.4, -0.2) is 54.7 Å². The highest BCUT2D eigenvalue weighted by Crippen LogP contribution is 2.33. The lowest BCUT2D eigenvalue weighted by molar-refractivity contribution is -0.119. The highest BCUT2D eigenvalue weighted by Gasteiger charge is 2.33. The van der Waals surface area contributed by atoms with Crippen molar-refractivity contribution in [2.24, 2.45) is 0 Å². The lowest BCUT2D eigenvalue weighted by Crippen LogP contribution is -2.47. The fraction of sp³-hybridized carbons (Fsp3) is 0.500. The van der Waals surface area contributed by atoms with E-state index in [4.69, 9.17) is 19.3 Å². The van der Waals surface area contributed by atoms with Gasteiger partial charge in [0.15, 0.2) is 11.5 Å². The highest BCUT2D eigenvalue weighted by molar-refractivity contribution is 7.99. The van der Waals surface area contributed by atoms with Crippen LogP contribution in [0.15, 0.2) is 24.3 Å². The average Bonchev–Trinajstić information content (AvgIpc) is 3.12. The van der Waals surface area contributed by atoms with E-state index < -0.39 is 0 Å². The molecule has 1 fully saturated rings. The van der Waals surface area contributed by atoms with Crippen molar-refractivity contribution < 1.29 is 24.1 Å². The van der Waals surface area contributed by atoms with Gasteiger partial charge < -0.3 is 24.6 Å². The first-order valence-electron chi connectivity index (χ1n) is 8.39. The lowest BCUT2D eigenvalue weighted by Gasteiger charge is -2.36. The topological polar surface area (TPSA) is 77.0 Å². The minimum atomic E-state index is -0.365. The van der Waals surface area contributed by atoms with Crippen LogP contribution < -0.4 is 14.8 Å². The van der Waals surface area contributed by atoms with E-state index in [-0.39, 0.29) is 24.9 Å². The Morgan fingerprint density at radius 1 is 1.32 bits per heavy atom. The zero-order valence-corrected chi connectivity index (χ0v) is 14.8. The van der Waals surface area contributed by atoms with Crippen molar-refractivity contribution in [2.45, 2.75) is 18.4 Å². The molecule has 2 aliphatic heterocycles. The van der Waals surface area contributed by atoms with Gasteiger partial charge in [-0.25, -0.2) is 0 Å². The molecule has 1 aromatic rings. The largest absolute Gasteiger partial charge is 0.454 e. The Hall–Kier alpha value is -1.70. The van der Waals surface area contributed by atoms with Crippen LogP contribution in [0.2, 0.25) is 0 Å². The number of aliphatic hydroxyl groups is 1. The van der Waals surface area contributed by atoms with Gasteiger partial charge in [-0.2, -0.15) is 11.8 Å². The molecule has 0 saturated carbocycles. The third kappa shape index (κ3) is 4.90. The molecule has 0 atom stereocenters. The number of hydrogen-bond donors (Lipinski definition) is 2. The van der Waals surface area contributed by atoms with Gasteiger partial charge in [0.2, 0.25) is 12.7 Å². The summed E-state index contributed by atoms with van der Waals surface area (Å²) in [4.78, 5) is 12.1. The molecule has 1 saturated heterocycles. The van der Waals surface area contributed by atoms with Crippen LogP contribution in [0, 0.1) is 0 Å². The molecular formula is C18H23NO5S. The smallest absolute Gasteiger partial charge is 0.244 e. The molecule has 1 amide bonds. The van der Waals surface area contributed by atoms with Crippen molar-refractivity contribution in [3.05, 3.63) is 29.8 Å². The molecule has 3 rings (SSSR count). The molecule has 0 aromatic heterocycles. The Labute approximate surface area is 151 Å². The van der Waals surface area contributed by atoms with Crippen molar-refractivity contribution in [1.29, 1.82) is 0 Å². The summed E-state index contributed by atoms with van der Waals surface area (Å²) in [6.07, 6.45) is 5.01. The van der Waals surface area contributed by atoms with Crippen molar-refractivity contribution in [3.63, 3.8) is 0 Å². The molecule has 0 unspecified atom stereocenters. The number of carbonyl (C=O) groups is 1. The molecule has 0 spiro atoms. The van der Waals surface area contributed by atoms with E-state index in [1.807, 2.05) is 30.0 Å². The number of hydrogen-bond acceptors (Lipinski definition) is 6. The van der Waals surface area contributed by atoms with Crippen molar-refractivity contribution >= 4 is 23.7 Å². The fourth-order valence-electron chi connectivity index (χ4n) is 2.87. The zero-order valence-electron chi connectivity index (χ0n) is 14.0. The summed E-state index contributed by atoms with van der Waals surface area (Å²) in [5, 5.41) is 11.9. The maximum Gasteiger partial charge on any atom is 0.244 e. The SMILES string of the molecule is O=C(C=Cc1ccc2c(c1)OCO2)NCC1(OCCO)CCSCC1. The maximum absolute atomic E-state index is 12.1. The first-order chi connectivity index (χ1) is 12.2. The van der Waals surface area contributed by atoms with Gasteiger partial charge in [0.05, 0.1) is 18.8 Å². The molecular weight excluding hydrogens is 342 g/mol. The number of thioether (sulfide) groups is 1. The van der Waals surface area contributed by atoms with Crippen LogP contribution in [0.25, 0.3) is 6.08 Å². The minimum Gasteiger partial charge on any atom is -0.454 e. The molecule has 2 aliphatic rings. The summed E-state index contributed by atoms with van der Waals surface area (Å²) in [5.41, 5.74) is 0.510. The molecule has 2 N–H and O–H groups in total. The van der Waals surface area contributed by atoms with Gasteiger partial charge in [-0.3, -0.25) is 4.79 Å². The van der Waals surface area contributed by atoms with Gasteiger partial charge in [-0.15, -0.1) is 0 Å². The predicted molar refractivity (Wildman–Crippen MR) is 96.9 cm³/mol. The van der Waals surface area contributed by atoms with E-state index in [0.717, 1.165) is 35.7 Å². The van der Waals surface area contributed by atoms with Crippen LogP contribution in [0.1, 0.15) is 18.4 Å². The highest BCUT2D eigenvalue weighted by atomic mass is 32.2. The van der Waals surface area contributed by atoms with Gasteiger partial charge in [0, 0.05) is 12.6 Å². The van der Waals surface area contributed by atoms with E-state index in [1.54, 1.807) is 6.08 Å². The minimum absolute atomic E-state index is 0.00709. The van der Waals surface area contributed by atoms with Crippen molar-refractivity contribution in [3.8, 4) is 11.5 Å². The number of fused-ring (bicyclic) bond motifs is 1. The van der Waals surface area contributed by atoms with Gasteiger partial charge in [0.25, 0.3) is 0 Å². The normalized spacial score (nSPS) is 18.4. The summed E-state index contributed by atoms with van der Waals surface area (Å²) in [5.74, 6) is 3.27. The van der Waals surface area contributed by atoms with E-state index in [2.05, 4.69) is 5.32 Å². The second-order valence-electron chi connectivity index (χ2n) is 6.03. The maximum atomic E-state index is 12.1. The molecule has 6 nitrogen and oxygen atoms in total. The Kier molecular flexibility index (Phi) is 6.23. The van der Waals surface area contributed by atoms with Gasteiger partial charge in [-0.1, -0.05) is 6.07 Å². The second kappa shape index (κ2) is 8.60. The molecule has 136 valence electrons. The summed E-state index contributed by atoms with van der Waals surface area (Å²) in [7, 11) is 0. The summed E-state index contributed by atoms with van der Waals surface area (Å²) < 4.78 is 16.4. The Balaban J connectivity index is 1.54. The average molecular weight is 365 g/mol. The molecule has 1 aromatic carbocycles. The fourth-order valence-corrected chi connectivity index (χ4v) is 4.11. The van der Waals surface area contributed by atoms with Gasteiger partial charge in [0.1, 0.15) is 0 Å². The van der Waals surface area contributed by atoms with E-state index >= 15 is 0 Å². The third-order valence-corrected chi connectivity index (χ3v) is 5.30. The number of ether oxygens (including phenoxy) is 3. The molecule has 2 heterocycles. The first kappa shape index (κ1) is 18.1. The predicted octanol–water partition coefficient (Wildman–Crippen LogP) is 1.82. The number of amides is 1. The molecule has 0 radical (unpaired) electrons. The third-order valence-electron chi connectivity index (χ3n) is 4.31. The van der Waals surface area contributed by atoms with Crippen LogP contribution in [0.4, 0.5) is 0 Å². The summed E-state index contributed by atoms with van der Waals surface area (Å²) >= 11 is 1.89. The number of benzene rings is 1. The number of rotatable bonds is 7. The monoisotopic (exact) mass is 365 g/mol. The van der Waals surface area contributed by atoms with E-state index in [1.165, 1.54) is 6.08 Å². The molecule has 0 bridgehead atoms. The lowest BCUT2D eigenvalue weighted by atomic mass is 9.96. The standard InChI is InChI=1S/C18H23NO5S/c20-7-8-24-18(5-9-25-10-6-18)12-19-17(21)4-2-14-1-3-15-16(11-14)23-13-22-15/h1-4,11,20H,5-10,12-13H2,(H,19,21). The number of carbonyl (C=O) groups excluding carboxylic acids is 1. The Morgan fingerprint density at radius 2 is 2.12 bits per heavy atom.